The van der Waals surface area contributed by atoms with Gasteiger partial charge in [0.1, 0.15) is 0 Å². The van der Waals surface area contributed by atoms with Gasteiger partial charge in [-0.2, -0.15) is 0 Å². The summed E-state index contributed by atoms with van der Waals surface area (Å²) in [6, 6.07) is 0. The van der Waals surface area contributed by atoms with E-state index in [1.807, 2.05) is 11.8 Å². The minimum atomic E-state index is 0. The Morgan fingerprint density at radius 3 is 2.57 bits per heavy atom. The summed E-state index contributed by atoms with van der Waals surface area (Å²) in [6.45, 7) is 3.09. The second-order valence-corrected chi connectivity index (χ2v) is 2.54. The number of halogens is 1. The number of hydrogen-bond acceptors (Lipinski definition) is 2. The molecule has 0 bridgehead atoms. The molecule has 0 unspecified atom stereocenters. The third-order valence-corrected chi connectivity index (χ3v) is 1.67. The lowest BCUT2D eigenvalue weighted by Gasteiger charge is -1.76. The molecule has 0 radical (unpaired) electrons. The Hall–Kier alpha value is 0.310. The molecule has 0 spiro atoms. The van der Waals surface area contributed by atoms with E-state index < -0.39 is 0 Å². The molecule has 1 rings (SSSR count). The summed E-state index contributed by atoms with van der Waals surface area (Å²) < 4.78 is 0. The molecule has 0 aliphatic carbocycles. The molecule has 0 N–H and O–H groups in total. The number of hydrogen-bond donors (Lipinski definition) is 0. The monoisotopic (exact) mass is 137 g/mol. The maximum absolute atomic E-state index is 4.12. The van der Waals surface area contributed by atoms with Crippen LogP contribution in [-0.4, -0.2) is 17.3 Å². The summed E-state index contributed by atoms with van der Waals surface area (Å²) in [4.78, 5) is 4.12. The Labute approximate surface area is 54.0 Å². The van der Waals surface area contributed by atoms with Crippen LogP contribution in [-0.2, 0) is 0 Å². The van der Waals surface area contributed by atoms with Crippen LogP contribution < -0.4 is 0 Å². The zero-order valence-electron chi connectivity index (χ0n) is 4.18. The second kappa shape index (κ2) is 3.33. The van der Waals surface area contributed by atoms with E-state index in [1.165, 1.54) is 10.8 Å². The summed E-state index contributed by atoms with van der Waals surface area (Å²) in [6.07, 6.45) is 0. The van der Waals surface area contributed by atoms with E-state index >= 15 is 0 Å². The van der Waals surface area contributed by atoms with Gasteiger partial charge in [0.25, 0.3) is 0 Å². The second-order valence-electron chi connectivity index (χ2n) is 1.25. The van der Waals surface area contributed by atoms with Gasteiger partial charge in [-0.05, 0) is 6.92 Å². The van der Waals surface area contributed by atoms with Crippen molar-refractivity contribution in [3.05, 3.63) is 0 Å². The van der Waals surface area contributed by atoms with Crippen LogP contribution in [0.2, 0.25) is 0 Å². The topological polar surface area (TPSA) is 12.4 Å². The molecule has 0 saturated heterocycles. The molecule has 42 valence electrons. The van der Waals surface area contributed by atoms with Gasteiger partial charge in [-0.15, -0.1) is 24.2 Å². The van der Waals surface area contributed by atoms with Crippen LogP contribution >= 0.6 is 24.2 Å². The molecule has 0 fully saturated rings. The van der Waals surface area contributed by atoms with Crippen molar-refractivity contribution in [2.24, 2.45) is 4.99 Å². The van der Waals surface area contributed by atoms with Gasteiger partial charge in [0, 0.05) is 12.3 Å². The predicted molar refractivity (Wildman–Crippen MR) is 37.7 cm³/mol. The van der Waals surface area contributed by atoms with E-state index in [0.717, 1.165) is 6.54 Å². The van der Waals surface area contributed by atoms with Gasteiger partial charge >= 0.3 is 0 Å². The van der Waals surface area contributed by atoms with E-state index in [9.17, 15) is 0 Å². The first-order chi connectivity index (χ1) is 2.89. The summed E-state index contributed by atoms with van der Waals surface area (Å²) in [5, 5.41) is 1.25. The van der Waals surface area contributed by atoms with Crippen LogP contribution in [0.3, 0.4) is 0 Å². The number of aliphatic imine (C=N–C) groups is 1. The van der Waals surface area contributed by atoms with Crippen molar-refractivity contribution in [2.75, 3.05) is 12.3 Å². The Kier molecular flexibility index (Phi) is 3.48. The SMILES string of the molecule is CC1=NCCS1.Cl. The third-order valence-electron chi connectivity index (χ3n) is 0.737. The Morgan fingerprint density at radius 2 is 2.43 bits per heavy atom. The van der Waals surface area contributed by atoms with Gasteiger partial charge < -0.3 is 0 Å². The zero-order chi connectivity index (χ0) is 4.41. The van der Waals surface area contributed by atoms with Gasteiger partial charge in [0.2, 0.25) is 0 Å². The largest absolute Gasteiger partial charge is 0.282 e. The van der Waals surface area contributed by atoms with Gasteiger partial charge in [-0.25, -0.2) is 0 Å². The number of nitrogens with zero attached hydrogens (tertiary/aromatic N) is 1. The van der Waals surface area contributed by atoms with Gasteiger partial charge in [0.05, 0.1) is 5.04 Å². The van der Waals surface area contributed by atoms with Crippen molar-refractivity contribution >= 4 is 29.2 Å². The lowest BCUT2D eigenvalue weighted by Crippen LogP contribution is -1.70. The average molecular weight is 138 g/mol. The van der Waals surface area contributed by atoms with E-state index in [-0.39, 0.29) is 12.4 Å². The highest BCUT2D eigenvalue weighted by Crippen LogP contribution is 2.09. The molecule has 1 aliphatic rings. The molecular formula is C4H8ClNS. The Bertz CT molecular complexity index is 81.8. The van der Waals surface area contributed by atoms with Crippen molar-refractivity contribution in [1.82, 2.24) is 0 Å². The third kappa shape index (κ3) is 2.19. The first-order valence-corrected chi connectivity index (χ1v) is 3.02. The van der Waals surface area contributed by atoms with Gasteiger partial charge in [-0.3, -0.25) is 4.99 Å². The van der Waals surface area contributed by atoms with Gasteiger partial charge in [0.15, 0.2) is 0 Å². The lowest BCUT2D eigenvalue weighted by atomic mass is 10.8. The Balaban J connectivity index is 0.000000360. The van der Waals surface area contributed by atoms with Crippen LogP contribution in [0.4, 0.5) is 0 Å². The molecule has 0 amide bonds. The highest BCUT2D eigenvalue weighted by Gasteiger charge is 1.97. The van der Waals surface area contributed by atoms with Gasteiger partial charge in [-0.1, -0.05) is 0 Å². The fourth-order valence-electron chi connectivity index (χ4n) is 0.442. The summed E-state index contributed by atoms with van der Waals surface area (Å²) >= 11 is 1.85. The fraction of sp³-hybridized carbons (Fsp3) is 0.750. The van der Waals surface area contributed by atoms with Crippen molar-refractivity contribution in [3.63, 3.8) is 0 Å². The quantitative estimate of drug-likeness (QED) is 0.494. The number of thioether (sulfide) groups is 1. The van der Waals surface area contributed by atoms with E-state index in [0.29, 0.717) is 0 Å². The molecule has 1 heterocycles. The standard InChI is InChI=1S/C4H7NS.ClH/c1-4-5-2-3-6-4;/h2-3H2,1H3;1H. The molecule has 0 aromatic rings. The predicted octanol–water partition coefficient (Wildman–Crippen LogP) is 1.57. The molecule has 0 aromatic heterocycles. The lowest BCUT2D eigenvalue weighted by molar-refractivity contribution is 1.17. The van der Waals surface area contributed by atoms with E-state index in [4.69, 9.17) is 0 Å². The van der Waals surface area contributed by atoms with Crippen LogP contribution in [0.1, 0.15) is 6.92 Å². The maximum Gasteiger partial charge on any atom is 0.0645 e. The molecule has 0 saturated carbocycles. The summed E-state index contributed by atoms with van der Waals surface area (Å²) in [5.41, 5.74) is 0. The zero-order valence-corrected chi connectivity index (χ0v) is 5.81. The molecule has 3 heteroatoms. The average Bonchev–Trinajstić information content (AvgIpc) is 1.86. The molecule has 0 atom stereocenters. The highest BCUT2D eigenvalue weighted by atomic mass is 35.5. The normalized spacial score (nSPS) is 18.1. The maximum atomic E-state index is 4.12. The molecule has 1 aliphatic heterocycles. The van der Waals surface area contributed by atoms with Crippen LogP contribution in [0.15, 0.2) is 4.99 Å². The molecule has 0 aromatic carbocycles. The Morgan fingerprint density at radius 1 is 1.71 bits per heavy atom. The van der Waals surface area contributed by atoms with Crippen LogP contribution in [0.25, 0.3) is 0 Å². The highest BCUT2D eigenvalue weighted by molar-refractivity contribution is 8.14. The summed E-state index contributed by atoms with van der Waals surface area (Å²) in [7, 11) is 0. The first kappa shape index (κ1) is 7.31. The summed E-state index contributed by atoms with van der Waals surface area (Å²) in [5.74, 6) is 1.20. The van der Waals surface area contributed by atoms with Crippen molar-refractivity contribution in [1.29, 1.82) is 0 Å². The number of rotatable bonds is 0. The molecular weight excluding hydrogens is 130 g/mol. The molecule has 1 nitrogen and oxygen atoms in total. The first-order valence-electron chi connectivity index (χ1n) is 2.03. The molecule has 7 heavy (non-hydrogen) atoms. The van der Waals surface area contributed by atoms with Crippen molar-refractivity contribution < 1.29 is 0 Å². The minimum absolute atomic E-state index is 0. The van der Waals surface area contributed by atoms with Crippen molar-refractivity contribution in [3.8, 4) is 0 Å². The van der Waals surface area contributed by atoms with Crippen molar-refractivity contribution in [2.45, 2.75) is 6.92 Å². The smallest absolute Gasteiger partial charge is 0.0645 e. The fourth-order valence-corrected chi connectivity index (χ4v) is 1.10. The van der Waals surface area contributed by atoms with Crippen LogP contribution in [0, 0.1) is 0 Å². The van der Waals surface area contributed by atoms with E-state index in [1.54, 1.807) is 0 Å². The minimum Gasteiger partial charge on any atom is -0.282 e. The van der Waals surface area contributed by atoms with E-state index in [2.05, 4.69) is 11.9 Å². The van der Waals surface area contributed by atoms with Crippen LogP contribution in [0.5, 0.6) is 0 Å².